The Balaban J connectivity index is 2.48. The van der Waals surface area contributed by atoms with Gasteiger partial charge in [-0.2, -0.15) is 0 Å². The van der Waals surface area contributed by atoms with Crippen molar-refractivity contribution in [1.29, 1.82) is 0 Å². The van der Waals surface area contributed by atoms with Gasteiger partial charge < -0.3 is 19.2 Å². The second kappa shape index (κ2) is 6.48. The molecule has 0 bridgehead atoms. The van der Waals surface area contributed by atoms with Crippen LogP contribution in [0.15, 0.2) is 34.9 Å². The first-order chi connectivity index (χ1) is 9.71. The highest BCUT2D eigenvalue weighted by atomic mass is 16.5. The molecule has 1 unspecified atom stereocenters. The smallest absolute Gasteiger partial charge is 0.161 e. The summed E-state index contributed by atoms with van der Waals surface area (Å²) in [5, 5.41) is 3.44. The Morgan fingerprint density at radius 2 is 1.90 bits per heavy atom. The molecule has 0 amide bonds. The molecule has 1 atom stereocenters. The molecule has 4 heteroatoms. The van der Waals surface area contributed by atoms with Crippen LogP contribution in [0.3, 0.4) is 0 Å². The van der Waals surface area contributed by atoms with Crippen molar-refractivity contribution in [2.45, 2.75) is 19.9 Å². The molecule has 20 heavy (non-hydrogen) atoms. The Hall–Kier alpha value is -1.94. The number of furan rings is 1. The maximum absolute atomic E-state index is 5.55. The van der Waals surface area contributed by atoms with Crippen LogP contribution in [0, 0.1) is 6.92 Å². The van der Waals surface area contributed by atoms with Crippen LogP contribution in [0.25, 0.3) is 0 Å². The van der Waals surface area contributed by atoms with E-state index in [1.165, 1.54) is 0 Å². The van der Waals surface area contributed by atoms with E-state index in [4.69, 9.17) is 13.9 Å². The summed E-state index contributed by atoms with van der Waals surface area (Å²) in [5.74, 6) is 2.35. The van der Waals surface area contributed by atoms with Gasteiger partial charge in [-0.25, -0.2) is 0 Å². The van der Waals surface area contributed by atoms with Crippen molar-refractivity contribution in [2.75, 3.05) is 20.8 Å². The zero-order valence-corrected chi connectivity index (χ0v) is 12.4. The van der Waals surface area contributed by atoms with E-state index in [2.05, 4.69) is 19.2 Å². The number of aryl methyl sites for hydroxylation is 1. The van der Waals surface area contributed by atoms with Crippen LogP contribution in [0.2, 0.25) is 0 Å². The minimum absolute atomic E-state index is 0.00908. The number of hydrogen-bond acceptors (Lipinski definition) is 4. The molecular weight excluding hydrogens is 254 g/mol. The predicted molar refractivity (Wildman–Crippen MR) is 78.5 cm³/mol. The summed E-state index contributed by atoms with van der Waals surface area (Å²) in [4.78, 5) is 0. The third-order valence-corrected chi connectivity index (χ3v) is 3.32. The molecule has 0 saturated heterocycles. The van der Waals surface area contributed by atoms with Gasteiger partial charge in [-0.3, -0.25) is 0 Å². The van der Waals surface area contributed by atoms with E-state index in [1.807, 2.05) is 24.3 Å². The first-order valence-corrected chi connectivity index (χ1v) is 6.70. The van der Waals surface area contributed by atoms with Crippen LogP contribution in [0.4, 0.5) is 0 Å². The summed E-state index contributed by atoms with van der Waals surface area (Å²) in [5.41, 5.74) is 2.25. The van der Waals surface area contributed by atoms with E-state index in [1.54, 1.807) is 20.5 Å². The molecule has 0 spiro atoms. The van der Waals surface area contributed by atoms with Crippen LogP contribution in [0.1, 0.15) is 29.9 Å². The molecular formula is C16H21NO3. The van der Waals surface area contributed by atoms with E-state index >= 15 is 0 Å². The summed E-state index contributed by atoms with van der Waals surface area (Å²) >= 11 is 0. The van der Waals surface area contributed by atoms with Crippen molar-refractivity contribution in [2.24, 2.45) is 0 Å². The first kappa shape index (κ1) is 14.5. The van der Waals surface area contributed by atoms with Crippen molar-refractivity contribution in [3.8, 4) is 11.5 Å². The molecule has 2 rings (SSSR count). The van der Waals surface area contributed by atoms with Crippen molar-refractivity contribution in [3.05, 3.63) is 47.4 Å². The van der Waals surface area contributed by atoms with Gasteiger partial charge in [0, 0.05) is 0 Å². The molecule has 0 aliphatic rings. The molecule has 0 aliphatic carbocycles. The summed E-state index contributed by atoms with van der Waals surface area (Å²) in [6, 6.07) is 7.87. The van der Waals surface area contributed by atoms with Crippen LogP contribution in [0.5, 0.6) is 11.5 Å². The lowest BCUT2D eigenvalue weighted by molar-refractivity contribution is 0.353. The summed E-state index contributed by atoms with van der Waals surface area (Å²) in [7, 11) is 3.29. The SMILES string of the molecule is CCNC(c1ccco1)c1cc(OC)c(OC)cc1C. The molecule has 1 aromatic heterocycles. The van der Waals surface area contributed by atoms with E-state index in [0.717, 1.165) is 34.9 Å². The average molecular weight is 275 g/mol. The van der Waals surface area contributed by atoms with Crippen LogP contribution < -0.4 is 14.8 Å². The Morgan fingerprint density at radius 3 is 2.45 bits per heavy atom. The van der Waals surface area contributed by atoms with Gasteiger partial charge in [0.1, 0.15) is 5.76 Å². The van der Waals surface area contributed by atoms with Gasteiger partial charge in [0.2, 0.25) is 0 Å². The minimum Gasteiger partial charge on any atom is -0.493 e. The van der Waals surface area contributed by atoms with E-state index < -0.39 is 0 Å². The average Bonchev–Trinajstić information content (AvgIpc) is 2.98. The fraction of sp³-hybridized carbons (Fsp3) is 0.375. The van der Waals surface area contributed by atoms with Gasteiger partial charge in [-0.05, 0) is 48.9 Å². The first-order valence-electron chi connectivity index (χ1n) is 6.70. The van der Waals surface area contributed by atoms with Crippen LogP contribution in [-0.2, 0) is 0 Å². The van der Waals surface area contributed by atoms with Gasteiger partial charge in [0.25, 0.3) is 0 Å². The summed E-state index contributed by atoms with van der Waals surface area (Å²) in [6.07, 6.45) is 1.69. The molecule has 1 N–H and O–H groups in total. The predicted octanol–water partition coefficient (Wildman–Crippen LogP) is 3.30. The second-order valence-corrected chi connectivity index (χ2v) is 4.57. The zero-order valence-electron chi connectivity index (χ0n) is 12.4. The Morgan fingerprint density at radius 1 is 1.20 bits per heavy atom. The largest absolute Gasteiger partial charge is 0.493 e. The molecule has 0 radical (unpaired) electrons. The molecule has 0 aliphatic heterocycles. The lowest BCUT2D eigenvalue weighted by Gasteiger charge is -2.20. The molecule has 1 aromatic carbocycles. The molecule has 4 nitrogen and oxygen atoms in total. The molecule has 1 heterocycles. The monoisotopic (exact) mass is 275 g/mol. The Kier molecular flexibility index (Phi) is 4.69. The van der Waals surface area contributed by atoms with Crippen molar-refractivity contribution >= 4 is 0 Å². The highest BCUT2D eigenvalue weighted by Gasteiger charge is 2.20. The topological polar surface area (TPSA) is 43.6 Å². The van der Waals surface area contributed by atoms with E-state index in [9.17, 15) is 0 Å². The number of hydrogen-bond donors (Lipinski definition) is 1. The molecule has 108 valence electrons. The third kappa shape index (κ3) is 2.80. The van der Waals surface area contributed by atoms with Crippen molar-refractivity contribution in [3.63, 3.8) is 0 Å². The second-order valence-electron chi connectivity index (χ2n) is 4.57. The maximum atomic E-state index is 5.55. The molecule has 2 aromatic rings. The normalized spacial score (nSPS) is 12.2. The number of ether oxygens (including phenoxy) is 2. The van der Waals surface area contributed by atoms with Crippen molar-refractivity contribution < 1.29 is 13.9 Å². The number of nitrogens with one attached hydrogen (secondary N) is 1. The third-order valence-electron chi connectivity index (χ3n) is 3.32. The maximum Gasteiger partial charge on any atom is 0.161 e. The van der Waals surface area contributed by atoms with Gasteiger partial charge in [0.05, 0.1) is 26.5 Å². The summed E-state index contributed by atoms with van der Waals surface area (Å²) in [6.45, 7) is 4.98. The number of methoxy groups -OCH3 is 2. The van der Waals surface area contributed by atoms with Gasteiger partial charge in [0.15, 0.2) is 11.5 Å². The lowest BCUT2D eigenvalue weighted by Crippen LogP contribution is -2.22. The lowest BCUT2D eigenvalue weighted by atomic mass is 9.98. The fourth-order valence-corrected chi connectivity index (χ4v) is 2.33. The Labute approximate surface area is 119 Å². The zero-order chi connectivity index (χ0) is 14.5. The standard InChI is InChI=1S/C16H21NO3/c1-5-17-16(13-7-6-8-20-13)12-10-15(19-4)14(18-3)9-11(12)2/h6-10,16-17H,5H2,1-4H3. The van der Waals surface area contributed by atoms with Gasteiger partial charge in [-0.1, -0.05) is 6.92 Å². The Bertz CT molecular complexity index is 549. The number of benzene rings is 1. The highest BCUT2D eigenvalue weighted by molar-refractivity contribution is 5.49. The van der Waals surface area contributed by atoms with Crippen LogP contribution in [-0.4, -0.2) is 20.8 Å². The highest BCUT2D eigenvalue weighted by Crippen LogP contribution is 2.35. The number of rotatable bonds is 6. The molecule has 0 fully saturated rings. The quantitative estimate of drug-likeness (QED) is 0.878. The minimum atomic E-state index is 0.00908. The van der Waals surface area contributed by atoms with E-state index in [0.29, 0.717) is 0 Å². The summed E-state index contributed by atoms with van der Waals surface area (Å²) < 4.78 is 16.3. The van der Waals surface area contributed by atoms with Gasteiger partial charge in [-0.15, -0.1) is 0 Å². The van der Waals surface area contributed by atoms with Gasteiger partial charge >= 0.3 is 0 Å². The van der Waals surface area contributed by atoms with Crippen molar-refractivity contribution in [1.82, 2.24) is 5.32 Å². The molecule has 0 saturated carbocycles. The van der Waals surface area contributed by atoms with Crippen LogP contribution >= 0.6 is 0 Å². The fourth-order valence-electron chi connectivity index (χ4n) is 2.33. The van der Waals surface area contributed by atoms with E-state index in [-0.39, 0.29) is 6.04 Å².